The molecule has 1 amide bonds. The first-order chi connectivity index (χ1) is 17.2. The molecule has 2 N–H and O–H groups in total. The quantitative estimate of drug-likeness (QED) is 0.565. The summed E-state index contributed by atoms with van der Waals surface area (Å²) in [6.07, 6.45) is 9.74. The Kier molecular flexibility index (Phi) is 6.01. The van der Waals surface area contributed by atoms with Gasteiger partial charge in [-0.2, -0.15) is 0 Å². The smallest absolute Gasteiger partial charge is 0.217 e. The molecule has 0 bridgehead atoms. The SMILES string of the molecule is CC(=O)NC1CCN(C2CCc3cccc(OC[C@H]4CCCN4c4ncnc5nc[nH]c45)c3C2)C1. The number of carbonyl (C=O) groups is 1. The summed E-state index contributed by atoms with van der Waals surface area (Å²) < 4.78 is 6.53. The molecule has 9 heteroatoms. The molecule has 3 aromatic rings. The zero-order valence-corrected chi connectivity index (χ0v) is 20.2. The molecule has 2 fully saturated rings. The van der Waals surface area contributed by atoms with Crippen molar-refractivity contribution in [3.8, 4) is 5.75 Å². The summed E-state index contributed by atoms with van der Waals surface area (Å²) in [5.41, 5.74) is 4.36. The van der Waals surface area contributed by atoms with Crippen LogP contribution < -0.4 is 15.0 Å². The Bertz CT molecular complexity index is 1210. The molecule has 1 aliphatic carbocycles. The van der Waals surface area contributed by atoms with Gasteiger partial charge in [-0.25, -0.2) is 15.0 Å². The summed E-state index contributed by atoms with van der Waals surface area (Å²) in [7, 11) is 0. The van der Waals surface area contributed by atoms with Crippen LogP contribution >= 0.6 is 0 Å². The van der Waals surface area contributed by atoms with Crippen molar-refractivity contribution in [2.45, 2.75) is 63.6 Å². The maximum atomic E-state index is 11.5. The van der Waals surface area contributed by atoms with Gasteiger partial charge >= 0.3 is 0 Å². The zero-order chi connectivity index (χ0) is 23.8. The summed E-state index contributed by atoms with van der Waals surface area (Å²) in [6, 6.07) is 7.55. The molecule has 0 radical (unpaired) electrons. The predicted octanol–water partition coefficient (Wildman–Crippen LogP) is 2.47. The molecular formula is C26H33N7O2. The number of imidazole rings is 1. The van der Waals surface area contributed by atoms with Gasteiger partial charge in [-0.1, -0.05) is 12.1 Å². The molecule has 0 spiro atoms. The zero-order valence-electron chi connectivity index (χ0n) is 20.2. The van der Waals surface area contributed by atoms with E-state index in [0.717, 1.165) is 75.2 Å². The van der Waals surface area contributed by atoms with E-state index in [1.54, 1.807) is 19.6 Å². The van der Waals surface area contributed by atoms with E-state index in [0.29, 0.717) is 18.3 Å². The fourth-order valence-electron chi connectivity index (χ4n) is 6.15. The number of amides is 1. The number of carbonyl (C=O) groups excluding carboxylic acids is 1. The minimum absolute atomic E-state index is 0.0673. The van der Waals surface area contributed by atoms with Gasteiger partial charge in [0.25, 0.3) is 0 Å². The Morgan fingerprint density at radius 1 is 1.20 bits per heavy atom. The van der Waals surface area contributed by atoms with Crippen molar-refractivity contribution in [2.24, 2.45) is 0 Å². The van der Waals surface area contributed by atoms with Crippen LogP contribution in [0.4, 0.5) is 5.82 Å². The molecule has 2 aliphatic heterocycles. The highest BCUT2D eigenvalue weighted by atomic mass is 16.5. The van der Waals surface area contributed by atoms with Gasteiger partial charge in [0.05, 0.1) is 12.4 Å². The number of aromatic nitrogens is 4. The highest BCUT2D eigenvalue weighted by Crippen LogP contribution is 2.34. The Morgan fingerprint density at radius 3 is 3.06 bits per heavy atom. The first-order valence-corrected chi connectivity index (χ1v) is 12.8. The van der Waals surface area contributed by atoms with E-state index in [4.69, 9.17) is 4.74 Å². The minimum atomic E-state index is 0.0673. The lowest BCUT2D eigenvalue weighted by atomic mass is 9.87. The lowest BCUT2D eigenvalue weighted by molar-refractivity contribution is -0.119. The Balaban J connectivity index is 1.15. The van der Waals surface area contributed by atoms with Crippen molar-refractivity contribution in [2.75, 3.05) is 31.1 Å². The highest BCUT2D eigenvalue weighted by molar-refractivity contribution is 5.83. The molecule has 35 heavy (non-hydrogen) atoms. The number of ether oxygens (including phenoxy) is 1. The predicted molar refractivity (Wildman–Crippen MR) is 134 cm³/mol. The van der Waals surface area contributed by atoms with Crippen LogP contribution in [0.15, 0.2) is 30.9 Å². The van der Waals surface area contributed by atoms with Crippen molar-refractivity contribution in [3.05, 3.63) is 42.0 Å². The molecule has 2 unspecified atom stereocenters. The average Bonchev–Trinajstić information content (AvgIpc) is 3.62. The van der Waals surface area contributed by atoms with Gasteiger partial charge in [0.15, 0.2) is 11.5 Å². The number of fused-ring (bicyclic) bond motifs is 2. The summed E-state index contributed by atoms with van der Waals surface area (Å²) >= 11 is 0. The topological polar surface area (TPSA) is 99.3 Å². The number of aromatic amines is 1. The summed E-state index contributed by atoms with van der Waals surface area (Å²) in [5, 5.41) is 3.09. The molecule has 2 saturated heterocycles. The van der Waals surface area contributed by atoms with Crippen molar-refractivity contribution >= 4 is 22.9 Å². The van der Waals surface area contributed by atoms with Gasteiger partial charge in [-0.3, -0.25) is 9.69 Å². The molecule has 9 nitrogen and oxygen atoms in total. The van der Waals surface area contributed by atoms with Crippen molar-refractivity contribution in [3.63, 3.8) is 0 Å². The minimum Gasteiger partial charge on any atom is -0.491 e. The van der Waals surface area contributed by atoms with E-state index in [9.17, 15) is 4.79 Å². The third kappa shape index (κ3) is 4.45. The molecular weight excluding hydrogens is 442 g/mol. The summed E-state index contributed by atoms with van der Waals surface area (Å²) in [5.74, 6) is 2.00. The number of nitrogens with zero attached hydrogens (tertiary/aromatic N) is 5. The van der Waals surface area contributed by atoms with Crippen LogP contribution in [-0.4, -0.2) is 75.1 Å². The van der Waals surface area contributed by atoms with E-state index >= 15 is 0 Å². The Morgan fingerprint density at radius 2 is 2.14 bits per heavy atom. The van der Waals surface area contributed by atoms with Crippen LogP contribution in [-0.2, 0) is 17.6 Å². The molecule has 2 aromatic heterocycles. The van der Waals surface area contributed by atoms with Gasteiger partial charge in [-0.05, 0) is 55.7 Å². The van der Waals surface area contributed by atoms with Crippen molar-refractivity contribution < 1.29 is 9.53 Å². The fraction of sp³-hybridized carbons (Fsp3) is 0.538. The van der Waals surface area contributed by atoms with Crippen LogP contribution in [0.25, 0.3) is 11.2 Å². The molecule has 3 aliphatic rings. The standard InChI is InChI=1S/C26H33N7O2/c1-17(34)31-19-9-11-32(13-19)20-8-7-18-4-2-6-23(22(18)12-20)35-14-21-5-3-10-33(21)26-24-25(28-15-27-24)29-16-30-26/h2,4,6,15-16,19-21H,3,5,7-14H2,1H3,(H,31,34)(H,27,28,29,30)/t19?,20?,21-/m1/s1. The fourth-order valence-corrected chi connectivity index (χ4v) is 6.15. The number of H-pyrrole nitrogens is 1. The monoisotopic (exact) mass is 475 g/mol. The first-order valence-electron chi connectivity index (χ1n) is 12.8. The molecule has 0 saturated carbocycles. The number of rotatable bonds is 6. The lowest BCUT2D eigenvalue weighted by Gasteiger charge is -2.33. The Labute approximate surface area is 205 Å². The van der Waals surface area contributed by atoms with Gasteiger partial charge in [0.2, 0.25) is 5.91 Å². The molecule has 6 rings (SSSR count). The maximum Gasteiger partial charge on any atom is 0.217 e. The number of hydrogen-bond acceptors (Lipinski definition) is 7. The number of anilines is 1. The first kappa shape index (κ1) is 22.3. The van der Waals surface area contributed by atoms with Crippen LogP contribution in [0.3, 0.4) is 0 Å². The summed E-state index contributed by atoms with van der Waals surface area (Å²) in [4.78, 5) is 32.7. The largest absolute Gasteiger partial charge is 0.491 e. The van der Waals surface area contributed by atoms with Crippen LogP contribution in [0.1, 0.15) is 43.7 Å². The second-order valence-corrected chi connectivity index (χ2v) is 10.1. The average molecular weight is 476 g/mol. The van der Waals surface area contributed by atoms with Gasteiger partial charge < -0.3 is 19.9 Å². The van der Waals surface area contributed by atoms with E-state index in [1.807, 2.05) is 0 Å². The number of likely N-dealkylation sites (tertiary alicyclic amines) is 1. The number of hydrogen-bond donors (Lipinski definition) is 2. The van der Waals surface area contributed by atoms with Crippen molar-refractivity contribution in [1.29, 1.82) is 0 Å². The van der Waals surface area contributed by atoms with Crippen LogP contribution in [0, 0.1) is 0 Å². The van der Waals surface area contributed by atoms with Crippen molar-refractivity contribution in [1.82, 2.24) is 30.2 Å². The second kappa shape index (κ2) is 9.45. The summed E-state index contributed by atoms with van der Waals surface area (Å²) in [6.45, 7) is 5.19. The number of benzene rings is 1. The molecule has 184 valence electrons. The van der Waals surface area contributed by atoms with Gasteiger partial charge in [0.1, 0.15) is 24.2 Å². The normalized spacial score (nSPS) is 24.6. The maximum absolute atomic E-state index is 11.5. The van der Waals surface area contributed by atoms with E-state index in [1.165, 1.54) is 11.1 Å². The van der Waals surface area contributed by atoms with Crippen LogP contribution in [0.2, 0.25) is 0 Å². The van der Waals surface area contributed by atoms with Crippen LogP contribution in [0.5, 0.6) is 5.75 Å². The molecule has 3 atom stereocenters. The molecule has 1 aromatic carbocycles. The third-order valence-corrected chi connectivity index (χ3v) is 7.84. The van der Waals surface area contributed by atoms with E-state index < -0.39 is 0 Å². The number of aryl methyl sites for hydroxylation is 1. The van der Waals surface area contributed by atoms with E-state index in [2.05, 4.69) is 53.3 Å². The number of nitrogens with one attached hydrogen (secondary N) is 2. The second-order valence-electron chi connectivity index (χ2n) is 10.1. The molecule has 4 heterocycles. The highest BCUT2D eigenvalue weighted by Gasteiger charge is 2.33. The lowest BCUT2D eigenvalue weighted by Crippen LogP contribution is -2.41. The van der Waals surface area contributed by atoms with Gasteiger partial charge in [0, 0.05) is 38.6 Å². The third-order valence-electron chi connectivity index (χ3n) is 7.84. The van der Waals surface area contributed by atoms with E-state index in [-0.39, 0.29) is 18.0 Å². The Hall–Kier alpha value is -3.20. The van der Waals surface area contributed by atoms with Gasteiger partial charge in [-0.15, -0.1) is 0 Å².